The number of amides is 1. The van der Waals surface area contributed by atoms with E-state index in [-0.39, 0.29) is 5.91 Å². The molecular formula is C5H11NO4P+. The Morgan fingerprint density at radius 1 is 1.73 bits per heavy atom. The third-order valence-electron chi connectivity index (χ3n) is 0.536. The molecule has 0 heterocycles. The van der Waals surface area contributed by atoms with Gasteiger partial charge in [-0.25, -0.2) is 0 Å². The maximum atomic E-state index is 10.2. The highest BCUT2D eigenvalue weighted by molar-refractivity contribution is 7.30. The zero-order valence-corrected chi connectivity index (χ0v) is 7.04. The summed E-state index contributed by atoms with van der Waals surface area (Å²) in [6.07, 6.45) is 1.25. The van der Waals surface area contributed by atoms with E-state index < -0.39 is 8.25 Å². The summed E-state index contributed by atoms with van der Waals surface area (Å²) in [4.78, 5) is 24.4. The van der Waals surface area contributed by atoms with Crippen LogP contribution in [0.3, 0.4) is 0 Å². The van der Waals surface area contributed by atoms with Gasteiger partial charge in [-0.15, -0.1) is 9.79 Å². The zero-order valence-electron chi connectivity index (χ0n) is 6.15. The molecule has 0 rings (SSSR count). The molecule has 11 heavy (non-hydrogen) atoms. The summed E-state index contributed by atoms with van der Waals surface area (Å²) in [6.45, 7) is 5.80. The standard InChI is InChI=1S/C5H9NO.HO3P/c1-3-5(7)6-4-2;1-4(2)3/h3H,1,4H2,2H3,(H,6,7);(H-,1,2,3)/p+1. The fourth-order valence-corrected chi connectivity index (χ4v) is 0.246. The highest BCUT2D eigenvalue weighted by Crippen LogP contribution is 1.98. The molecule has 0 spiro atoms. The minimum Gasteiger partial charge on any atom is -0.353 e. The van der Waals surface area contributed by atoms with Crippen molar-refractivity contribution in [3.63, 3.8) is 0 Å². The molecule has 5 nitrogen and oxygen atoms in total. The summed E-state index contributed by atoms with van der Waals surface area (Å²) in [5, 5.41) is 2.54. The second-order valence-electron chi connectivity index (χ2n) is 1.35. The van der Waals surface area contributed by atoms with Gasteiger partial charge in [-0.1, -0.05) is 6.58 Å². The van der Waals surface area contributed by atoms with Gasteiger partial charge in [-0.05, 0) is 13.0 Å². The maximum absolute atomic E-state index is 10.2. The van der Waals surface area contributed by atoms with Crippen molar-refractivity contribution in [1.82, 2.24) is 5.32 Å². The number of likely N-dealkylation sites (N-methyl/N-ethyl adjacent to an activating group) is 1. The molecule has 6 heteroatoms. The van der Waals surface area contributed by atoms with Crippen molar-refractivity contribution in [2.24, 2.45) is 0 Å². The van der Waals surface area contributed by atoms with Crippen LogP contribution in [0.15, 0.2) is 12.7 Å². The van der Waals surface area contributed by atoms with E-state index in [2.05, 4.69) is 11.9 Å². The lowest BCUT2D eigenvalue weighted by atomic mass is 10.6. The third-order valence-corrected chi connectivity index (χ3v) is 0.536. The number of rotatable bonds is 2. The number of carbonyl (C=O) groups excluding carboxylic acids is 1. The Kier molecular flexibility index (Phi) is 10.8. The molecule has 0 atom stereocenters. The van der Waals surface area contributed by atoms with Crippen molar-refractivity contribution >= 4 is 14.2 Å². The first-order valence-corrected chi connectivity index (χ1v) is 3.96. The summed E-state index contributed by atoms with van der Waals surface area (Å²) >= 11 is 0. The molecule has 0 fully saturated rings. The smallest absolute Gasteiger partial charge is 0.353 e. The van der Waals surface area contributed by atoms with Gasteiger partial charge in [0.1, 0.15) is 0 Å². The minimum absolute atomic E-state index is 0.109. The van der Waals surface area contributed by atoms with Crippen LogP contribution in [-0.2, 0) is 9.36 Å². The second kappa shape index (κ2) is 9.23. The van der Waals surface area contributed by atoms with Crippen molar-refractivity contribution in [1.29, 1.82) is 0 Å². The van der Waals surface area contributed by atoms with Gasteiger partial charge in [-0.2, -0.15) is 0 Å². The molecule has 0 aromatic carbocycles. The monoisotopic (exact) mass is 180 g/mol. The van der Waals surface area contributed by atoms with Gasteiger partial charge in [0, 0.05) is 11.1 Å². The lowest BCUT2D eigenvalue weighted by Gasteiger charge is -1.90. The summed E-state index contributed by atoms with van der Waals surface area (Å²) < 4.78 is 8.70. The lowest BCUT2D eigenvalue weighted by Crippen LogP contribution is -2.19. The van der Waals surface area contributed by atoms with Gasteiger partial charge < -0.3 is 5.32 Å². The van der Waals surface area contributed by atoms with E-state index in [1.165, 1.54) is 6.08 Å². The largest absolute Gasteiger partial charge is 0.692 e. The highest BCUT2D eigenvalue weighted by atomic mass is 31.1. The van der Waals surface area contributed by atoms with Gasteiger partial charge in [0.2, 0.25) is 5.91 Å². The maximum Gasteiger partial charge on any atom is 0.692 e. The molecule has 0 aromatic heterocycles. The molecule has 0 aliphatic rings. The Labute approximate surface area is 65.7 Å². The Morgan fingerprint density at radius 2 is 2.09 bits per heavy atom. The quantitative estimate of drug-likeness (QED) is 0.410. The molecule has 0 radical (unpaired) electrons. The number of hydrogen-bond acceptors (Lipinski definition) is 2. The van der Waals surface area contributed by atoms with Crippen LogP contribution in [0, 0.1) is 0 Å². The van der Waals surface area contributed by atoms with Crippen molar-refractivity contribution in [3.8, 4) is 0 Å². The van der Waals surface area contributed by atoms with Gasteiger partial charge in [0.15, 0.2) is 0 Å². The van der Waals surface area contributed by atoms with Crippen LogP contribution < -0.4 is 5.32 Å². The third kappa shape index (κ3) is 27.0. The first-order valence-electron chi connectivity index (χ1n) is 2.79. The van der Waals surface area contributed by atoms with E-state index in [1.54, 1.807) is 0 Å². The van der Waals surface area contributed by atoms with Crippen LogP contribution in [0.1, 0.15) is 6.92 Å². The fourth-order valence-electron chi connectivity index (χ4n) is 0.246. The molecular weight excluding hydrogens is 169 g/mol. The fraction of sp³-hybridized carbons (Fsp3) is 0.400. The van der Waals surface area contributed by atoms with Gasteiger partial charge >= 0.3 is 8.25 Å². The second-order valence-corrected chi connectivity index (χ2v) is 1.86. The molecule has 0 saturated carbocycles. The van der Waals surface area contributed by atoms with Crippen LogP contribution in [0.4, 0.5) is 0 Å². The zero-order chi connectivity index (χ0) is 9.28. The van der Waals surface area contributed by atoms with Gasteiger partial charge in [0.25, 0.3) is 0 Å². The number of carbonyl (C=O) groups is 1. The lowest BCUT2D eigenvalue weighted by molar-refractivity contribution is -0.116. The summed E-state index contributed by atoms with van der Waals surface area (Å²) in [6, 6.07) is 0. The molecule has 0 aliphatic heterocycles. The average molecular weight is 180 g/mol. The van der Waals surface area contributed by atoms with Crippen molar-refractivity contribution in [3.05, 3.63) is 12.7 Å². The average Bonchev–Trinajstić information content (AvgIpc) is 1.87. The van der Waals surface area contributed by atoms with Crippen molar-refractivity contribution in [2.75, 3.05) is 6.54 Å². The molecule has 1 amide bonds. The molecule has 0 saturated heterocycles. The van der Waals surface area contributed by atoms with E-state index in [1.807, 2.05) is 6.92 Å². The normalized spacial score (nSPS) is 7.18. The Bertz CT molecular complexity index is 143. The summed E-state index contributed by atoms with van der Waals surface area (Å²) in [5.74, 6) is -0.109. The van der Waals surface area contributed by atoms with Crippen LogP contribution in [0.25, 0.3) is 0 Å². The van der Waals surface area contributed by atoms with Crippen LogP contribution >= 0.6 is 8.25 Å². The predicted molar refractivity (Wildman–Crippen MR) is 40.9 cm³/mol. The molecule has 0 aliphatic carbocycles. The van der Waals surface area contributed by atoms with E-state index in [4.69, 9.17) is 14.4 Å². The highest BCUT2D eigenvalue weighted by Gasteiger charge is 1.93. The van der Waals surface area contributed by atoms with E-state index >= 15 is 0 Å². The van der Waals surface area contributed by atoms with Crippen LogP contribution in [0.5, 0.6) is 0 Å². The molecule has 3 N–H and O–H groups in total. The van der Waals surface area contributed by atoms with Crippen molar-refractivity contribution in [2.45, 2.75) is 6.92 Å². The molecule has 64 valence electrons. The van der Waals surface area contributed by atoms with Crippen LogP contribution in [-0.4, -0.2) is 22.2 Å². The summed E-state index contributed by atoms with van der Waals surface area (Å²) in [5.41, 5.74) is 0. The minimum atomic E-state index is -2.87. The van der Waals surface area contributed by atoms with E-state index in [9.17, 15) is 4.79 Å². The Hall–Kier alpha value is -0.770. The van der Waals surface area contributed by atoms with Gasteiger partial charge in [-0.3, -0.25) is 4.79 Å². The number of nitrogens with one attached hydrogen (secondary N) is 1. The van der Waals surface area contributed by atoms with E-state index in [0.29, 0.717) is 6.54 Å². The SMILES string of the molecule is C=CC(=O)NCC.O=[P+](O)O. The Morgan fingerprint density at radius 3 is 2.18 bits per heavy atom. The predicted octanol–water partition coefficient (Wildman–Crippen LogP) is -0.0631. The molecule has 0 bridgehead atoms. The topological polar surface area (TPSA) is 86.6 Å². The first-order chi connectivity index (χ1) is 5.04. The molecule has 0 aromatic rings. The summed E-state index contributed by atoms with van der Waals surface area (Å²) in [7, 11) is -2.87. The van der Waals surface area contributed by atoms with E-state index in [0.717, 1.165) is 0 Å². The van der Waals surface area contributed by atoms with Gasteiger partial charge in [0.05, 0.1) is 0 Å². The Balaban J connectivity index is 0. The van der Waals surface area contributed by atoms with Crippen molar-refractivity contribution < 1.29 is 19.1 Å². The first kappa shape index (κ1) is 12.9. The number of hydrogen-bond donors (Lipinski definition) is 3. The molecule has 0 unspecified atom stereocenters. The van der Waals surface area contributed by atoms with Crippen LogP contribution in [0.2, 0.25) is 0 Å².